The van der Waals surface area contributed by atoms with Gasteiger partial charge in [-0.1, -0.05) is 24.3 Å². The van der Waals surface area contributed by atoms with Crippen LogP contribution in [0, 0.1) is 3.57 Å². The third-order valence-corrected chi connectivity index (χ3v) is 4.14. The van der Waals surface area contributed by atoms with Crippen LogP contribution in [0.1, 0.15) is 17.2 Å². The van der Waals surface area contributed by atoms with E-state index in [1.165, 1.54) is 9.13 Å². The van der Waals surface area contributed by atoms with Crippen molar-refractivity contribution in [2.75, 3.05) is 0 Å². The number of aromatic nitrogens is 1. The van der Waals surface area contributed by atoms with Gasteiger partial charge in [-0.25, -0.2) is 0 Å². The fourth-order valence-corrected chi connectivity index (χ4v) is 2.68. The summed E-state index contributed by atoms with van der Waals surface area (Å²) in [7, 11) is 0. The Bertz CT molecular complexity index is 722. The average molecular weight is 374 g/mol. The summed E-state index contributed by atoms with van der Waals surface area (Å²) in [5, 5.41) is 1.14. The second-order valence-electron chi connectivity index (χ2n) is 4.89. The predicted octanol–water partition coefficient (Wildman–Crippen LogP) is 4.08. The molecule has 100 valence electrons. The minimum absolute atomic E-state index is 0.0136. The molecule has 1 atom stereocenters. The van der Waals surface area contributed by atoms with Gasteiger partial charge in [0.2, 0.25) is 0 Å². The van der Waals surface area contributed by atoms with Crippen LogP contribution in [-0.4, -0.2) is 4.98 Å². The predicted molar refractivity (Wildman–Crippen MR) is 91.5 cm³/mol. The van der Waals surface area contributed by atoms with Gasteiger partial charge in [-0.2, -0.15) is 0 Å². The molecule has 1 aromatic heterocycles. The molecular formula is C17H15IN2. The van der Waals surface area contributed by atoms with E-state index in [1.807, 2.05) is 18.3 Å². The SMILES string of the molecule is NC(Cc1ccc(I)cc1)c1ccc2ncccc2c1. The summed E-state index contributed by atoms with van der Waals surface area (Å²) >= 11 is 2.31. The molecule has 2 nitrogen and oxygen atoms in total. The molecule has 0 bridgehead atoms. The van der Waals surface area contributed by atoms with Crippen LogP contribution in [0.5, 0.6) is 0 Å². The Morgan fingerprint density at radius 3 is 2.65 bits per heavy atom. The van der Waals surface area contributed by atoms with Crippen molar-refractivity contribution in [3.8, 4) is 0 Å². The maximum atomic E-state index is 6.33. The fourth-order valence-electron chi connectivity index (χ4n) is 2.32. The molecule has 0 fully saturated rings. The minimum Gasteiger partial charge on any atom is -0.324 e. The molecule has 2 aromatic carbocycles. The summed E-state index contributed by atoms with van der Waals surface area (Å²) < 4.78 is 1.25. The lowest BCUT2D eigenvalue weighted by Crippen LogP contribution is -2.13. The number of halogens is 1. The molecule has 0 radical (unpaired) electrons. The second kappa shape index (κ2) is 5.89. The van der Waals surface area contributed by atoms with Gasteiger partial charge in [-0.05, 0) is 70.5 Å². The molecular weight excluding hydrogens is 359 g/mol. The number of hydrogen-bond acceptors (Lipinski definition) is 2. The molecule has 3 heteroatoms. The van der Waals surface area contributed by atoms with Gasteiger partial charge in [0.25, 0.3) is 0 Å². The zero-order valence-corrected chi connectivity index (χ0v) is 13.1. The van der Waals surface area contributed by atoms with E-state index < -0.39 is 0 Å². The van der Waals surface area contributed by atoms with E-state index in [-0.39, 0.29) is 6.04 Å². The zero-order valence-electron chi connectivity index (χ0n) is 11.0. The summed E-state index contributed by atoms with van der Waals surface area (Å²) in [4.78, 5) is 4.33. The first-order valence-corrected chi connectivity index (χ1v) is 7.65. The lowest BCUT2D eigenvalue weighted by atomic mass is 9.98. The first kappa shape index (κ1) is 13.5. The molecule has 20 heavy (non-hydrogen) atoms. The Balaban J connectivity index is 1.84. The molecule has 3 aromatic rings. The van der Waals surface area contributed by atoms with E-state index in [4.69, 9.17) is 5.73 Å². The molecule has 0 saturated carbocycles. The number of nitrogens with zero attached hydrogens (tertiary/aromatic N) is 1. The van der Waals surface area contributed by atoms with Crippen LogP contribution in [0.25, 0.3) is 10.9 Å². The van der Waals surface area contributed by atoms with Crippen LogP contribution in [0.3, 0.4) is 0 Å². The quantitative estimate of drug-likeness (QED) is 0.702. The standard InChI is InChI=1S/C17H15IN2/c18-15-6-3-12(4-7-15)10-16(19)13-5-8-17-14(11-13)2-1-9-20-17/h1-9,11,16H,10,19H2. The third-order valence-electron chi connectivity index (χ3n) is 3.42. The van der Waals surface area contributed by atoms with Gasteiger partial charge in [0.1, 0.15) is 0 Å². The maximum absolute atomic E-state index is 6.33. The summed E-state index contributed by atoms with van der Waals surface area (Å²) in [6.07, 6.45) is 2.66. The lowest BCUT2D eigenvalue weighted by Gasteiger charge is -2.13. The van der Waals surface area contributed by atoms with Crippen LogP contribution >= 0.6 is 22.6 Å². The summed E-state index contributed by atoms with van der Waals surface area (Å²) in [6, 6.07) is 18.8. The number of hydrogen-bond donors (Lipinski definition) is 1. The fraction of sp³-hybridized carbons (Fsp3) is 0.118. The van der Waals surface area contributed by atoms with E-state index in [1.54, 1.807) is 0 Å². The van der Waals surface area contributed by atoms with Crippen LogP contribution in [0.2, 0.25) is 0 Å². The number of pyridine rings is 1. The molecule has 1 unspecified atom stereocenters. The lowest BCUT2D eigenvalue weighted by molar-refractivity contribution is 0.723. The summed E-state index contributed by atoms with van der Waals surface area (Å²) in [6.45, 7) is 0. The highest BCUT2D eigenvalue weighted by atomic mass is 127. The molecule has 0 aliphatic carbocycles. The van der Waals surface area contributed by atoms with Crippen molar-refractivity contribution in [3.05, 3.63) is 75.5 Å². The molecule has 0 amide bonds. The van der Waals surface area contributed by atoms with Crippen molar-refractivity contribution >= 4 is 33.5 Å². The van der Waals surface area contributed by atoms with Crippen LogP contribution < -0.4 is 5.73 Å². The van der Waals surface area contributed by atoms with Crippen molar-refractivity contribution in [2.45, 2.75) is 12.5 Å². The number of benzene rings is 2. The van der Waals surface area contributed by atoms with Gasteiger partial charge in [0, 0.05) is 21.2 Å². The van der Waals surface area contributed by atoms with Crippen molar-refractivity contribution in [3.63, 3.8) is 0 Å². The Morgan fingerprint density at radius 1 is 1.05 bits per heavy atom. The Hall–Kier alpha value is -1.46. The summed E-state index contributed by atoms with van der Waals surface area (Å²) in [5.74, 6) is 0. The Kier molecular flexibility index (Phi) is 3.98. The summed E-state index contributed by atoms with van der Waals surface area (Å²) in [5.41, 5.74) is 9.77. The average Bonchev–Trinajstić information content (AvgIpc) is 2.49. The highest BCUT2D eigenvalue weighted by Gasteiger charge is 2.08. The number of fused-ring (bicyclic) bond motifs is 1. The van der Waals surface area contributed by atoms with Crippen molar-refractivity contribution in [1.29, 1.82) is 0 Å². The monoisotopic (exact) mass is 374 g/mol. The second-order valence-corrected chi connectivity index (χ2v) is 6.14. The number of nitrogens with two attached hydrogens (primary N) is 1. The smallest absolute Gasteiger partial charge is 0.0702 e. The molecule has 0 aliphatic heterocycles. The van der Waals surface area contributed by atoms with Gasteiger partial charge in [-0.15, -0.1) is 0 Å². The van der Waals surface area contributed by atoms with Gasteiger partial charge < -0.3 is 5.73 Å². The van der Waals surface area contributed by atoms with Crippen molar-refractivity contribution < 1.29 is 0 Å². The van der Waals surface area contributed by atoms with Gasteiger partial charge >= 0.3 is 0 Å². The van der Waals surface area contributed by atoms with Gasteiger partial charge in [-0.3, -0.25) is 4.98 Å². The zero-order chi connectivity index (χ0) is 13.9. The first-order valence-electron chi connectivity index (χ1n) is 6.57. The number of rotatable bonds is 3. The largest absolute Gasteiger partial charge is 0.324 e. The topological polar surface area (TPSA) is 38.9 Å². The van der Waals surface area contributed by atoms with Gasteiger partial charge in [0.05, 0.1) is 5.52 Å². The molecule has 0 spiro atoms. The molecule has 1 heterocycles. The van der Waals surface area contributed by atoms with E-state index in [9.17, 15) is 0 Å². The van der Waals surface area contributed by atoms with Crippen LogP contribution in [-0.2, 0) is 6.42 Å². The van der Waals surface area contributed by atoms with E-state index >= 15 is 0 Å². The minimum atomic E-state index is 0.0136. The molecule has 0 aliphatic rings. The highest BCUT2D eigenvalue weighted by Crippen LogP contribution is 2.21. The molecule has 3 rings (SSSR count). The third kappa shape index (κ3) is 2.99. The van der Waals surface area contributed by atoms with E-state index in [0.29, 0.717) is 0 Å². The van der Waals surface area contributed by atoms with Crippen LogP contribution in [0.4, 0.5) is 0 Å². The van der Waals surface area contributed by atoms with Gasteiger partial charge in [0.15, 0.2) is 0 Å². The van der Waals surface area contributed by atoms with E-state index in [2.05, 4.69) is 70.0 Å². The Morgan fingerprint density at radius 2 is 1.85 bits per heavy atom. The van der Waals surface area contributed by atoms with Crippen molar-refractivity contribution in [1.82, 2.24) is 4.98 Å². The Labute approximate surface area is 132 Å². The first-order chi connectivity index (χ1) is 9.72. The molecule has 0 saturated heterocycles. The van der Waals surface area contributed by atoms with Crippen molar-refractivity contribution in [2.24, 2.45) is 5.73 Å². The molecule has 2 N–H and O–H groups in total. The highest BCUT2D eigenvalue weighted by molar-refractivity contribution is 14.1. The van der Waals surface area contributed by atoms with E-state index in [0.717, 1.165) is 22.9 Å². The maximum Gasteiger partial charge on any atom is 0.0702 e. The van der Waals surface area contributed by atoms with Crippen LogP contribution in [0.15, 0.2) is 60.8 Å². The normalized spacial score (nSPS) is 12.5.